The van der Waals surface area contributed by atoms with E-state index in [1.165, 1.54) is 37.2 Å². The molecule has 0 bridgehead atoms. The van der Waals surface area contributed by atoms with Gasteiger partial charge in [0.1, 0.15) is 5.82 Å². The maximum Gasteiger partial charge on any atom is 0.133 e. The molecule has 3 rings (SSSR count). The fraction of sp³-hybridized carbons (Fsp3) is 0.667. The standard InChI is InChI=1S/C15H23N3O/c1-17-8-3-2-6-14(17)13-5-4-7-16-15(13)18-9-11-19-12-10-18/h4-5,7,14H,2-3,6,8-12H2,1H3. The minimum atomic E-state index is 0.528. The molecule has 0 spiro atoms. The van der Waals surface area contributed by atoms with E-state index in [4.69, 9.17) is 4.74 Å². The fourth-order valence-corrected chi connectivity index (χ4v) is 3.18. The molecule has 0 N–H and O–H groups in total. The Bertz CT molecular complexity index is 418. The van der Waals surface area contributed by atoms with E-state index in [-0.39, 0.29) is 0 Å². The molecule has 1 aromatic rings. The van der Waals surface area contributed by atoms with Gasteiger partial charge in [-0.15, -0.1) is 0 Å². The number of hydrogen-bond donors (Lipinski definition) is 0. The van der Waals surface area contributed by atoms with Crippen molar-refractivity contribution in [3.8, 4) is 0 Å². The third-order valence-corrected chi connectivity index (χ3v) is 4.26. The smallest absolute Gasteiger partial charge is 0.133 e. The Kier molecular flexibility index (Phi) is 3.99. The first-order chi connectivity index (χ1) is 9.36. The van der Waals surface area contributed by atoms with Crippen LogP contribution >= 0.6 is 0 Å². The summed E-state index contributed by atoms with van der Waals surface area (Å²) < 4.78 is 5.45. The molecule has 2 aliphatic heterocycles. The zero-order valence-corrected chi connectivity index (χ0v) is 11.7. The summed E-state index contributed by atoms with van der Waals surface area (Å²) in [6.45, 7) is 4.75. The molecule has 3 heterocycles. The monoisotopic (exact) mass is 261 g/mol. The van der Waals surface area contributed by atoms with Gasteiger partial charge in [0.25, 0.3) is 0 Å². The molecule has 2 aliphatic rings. The molecule has 2 saturated heterocycles. The average molecular weight is 261 g/mol. The largest absolute Gasteiger partial charge is 0.378 e. The molecule has 0 aromatic carbocycles. The minimum Gasteiger partial charge on any atom is -0.378 e. The van der Waals surface area contributed by atoms with Crippen LogP contribution in [0.2, 0.25) is 0 Å². The van der Waals surface area contributed by atoms with Crippen molar-refractivity contribution in [1.29, 1.82) is 0 Å². The highest BCUT2D eigenvalue weighted by atomic mass is 16.5. The van der Waals surface area contributed by atoms with Crippen LogP contribution in [0.3, 0.4) is 0 Å². The van der Waals surface area contributed by atoms with Crippen molar-refractivity contribution in [2.75, 3.05) is 44.8 Å². The van der Waals surface area contributed by atoms with Crippen LogP contribution in [0.1, 0.15) is 30.9 Å². The second kappa shape index (κ2) is 5.88. The Morgan fingerprint density at radius 3 is 2.84 bits per heavy atom. The molecule has 4 heteroatoms. The highest BCUT2D eigenvalue weighted by molar-refractivity contribution is 5.49. The summed E-state index contributed by atoms with van der Waals surface area (Å²) in [5.74, 6) is 1.17. The maximum atomic E-state index is 5.45. The van der Waals surface area contributed by atoms with E-state index in [1.54, 1.807) is 0 Å². The molecule has 1 aromatic heterocycles. The van der Waals surface area contributed by atoms with Crippen molar-refractivity contribution in [1.82, 2.24) is 9.88 Å². The molecule has 4 nitrogen and oxygen atoms in total. The highest BCUT2D eigenvalue weighted by Gasteiger charge is 2.26. The molecule has 104 valence electrons. The van der Waals surface area contributed by atoms with E-state index < -0.39 is 0 Å². The Hall–Kier alpha value is -1.13. The number of ether oxygens (including phenoxy) is 1. The van der Waals surface area contributed by atoms with E-state index in [9.17, 15) is 0 Å². The number of piperidine rings is 1. The predicted molar refractivity (Wildman–Crippen MR) is 76.5 cm³/mol. The van der Waals surface area contributed by atoms with Crippen LogP contribution in [0, 0.1) is 0 Å². The van der Waals surface area contributed by atoms with Crippen LogP contribution in [0.25, 0.3) is 0 Å². The molecule has 2 fully saturated rings. The number of anilines is 1. The fourth-order valence-electron chi connectivity index (χ4n) is 3.18. The van der Waals surface area contributed by atoms with Gasteiger partial charge in [-0.3, -0.25) is 4.90 Å². The maximum absolute atomic E-state index is 5.45. The zero-order valence-electron chi connectivity index (χ0n) is 11.7. The highest BCUT2D eigenvalue weighted by Crippen LogP contribution is 2.34. The zero-order chi connectivity index (χ0) is 13.1. The molecule has 0 radical (unpaired) electrons. The predicted octanol–water partition coefficient (Wildman–Crippen LogP) is 2.08. The minimum absolute atomic E-state index is 0.528. The van der Waals surface area contributed by atoms with Gasteiger partial charge in [0.2, 0.25) is 0 Å². The number of morpholine rings is 1. The van der Waals surface area contributed by atoms with Gasteiger partial charge in [0.05, 0.1) is 13.2 Å². The van der Waals surface area contributed by atoms with E-state index in [2.05, 4.69) is 34.0 Å². The Labute approximate surface area is 115 Å². The van der Waals surface area contributed by atoms with Crippen LogP contribution in [-0.4, -0.2) is 49.8 Å². The Morgan fingerprint density at radius 1 is 1.21 bits per heavy atom. The quantitative estimate of drug-likeness (QED) is 0.815. The van der Waals surface area contributed by atoms with Gasteiger partial charge in [-0.05, 0) is 32.5 Å². The van der Waals surface area contributed by atoms with E-state index >= 15 is 0 Å². The van der Waals surface area contributed by atoms with Gasteiger partial charge in [0, 0.05) is 30.9 Å². The summed E-state index contributed by atoms with van der Waals surface area (Å²) in [6.07, 6.45) is 5.81. The van der Waals surface area contributed by atoms with Crippen LogP contribution < -0.4 is 4.90 Å². The van der Waals surface area contributed by atoms with Gasteiger partial charge >= 0.3 is 0 Å². The lowest BCUT2D eigenvalue weighted by Gasteiger charge is -2.36. The number of nitrogens with zero attached hydrogens (tertiary/aromatic N) is 3. The van der Waals surface area contributed by atoms with Gasteiger partial charge in [-0.25, -0.2) is 4.98 Å². The first-order valence-electron chi connectivity index (χ1n) is 7.34. The van der Waals surface area contributed by atoms with Gasteiger partial charge in [0.15, 0.2) is 0 Å². The number of aromatic nitrogens is 1. The van der Waals surface area contributed by atoms with Crippen LogP contribution in [0.4, 0.5) is 5.82 Å². The molecule has 0 amide bonds. The summed E-state index contributed by atoms with van der Waals surface area (Å²) in [4.78, 5) is 9.51. The summed E-state index contributed by atoms with van der Waals surface area (Å²) >= 11 is 0. The van der Waals surface area contributed by atoms with E-state index in [0.29, 0.717) is 6.04 Å². The van der Waals surface area contributed by atoms with Gasteiger partial charge in [-0.1, -0.05) is 12.5 Å². The number of rotatable bonds is 2. The Morgan fingerprint density at radius 2 is 2.05 bits per heavy atom. The lowest BCUT2D eigenvalue weighted by atomic mass is 9.96. The van der Waals surface area contributed by atoms with Crippen molar-refractivity contribution in [3.63, 3.8) is 0 Å². The second-order valence-corrected chi connectivity index (χ2v) is 5.51. The van der Waals surface area contributed by atoms with Crippen molar-refractivity contribution in [2.24, 2.45) is 0 Å². The number of pyridine rings is 1. The SMILES string of the molecule is CN1CCCCC1c1cccnc1N1CCOCC1. The summed E-state index contributed by atoms with van der Waals surface area (Å²) in [5, 5.41) is 0. The first-order valence-corrected chi connectivity index (χ1v) is 7.34. The van der Waals surface area contributed by atoms with Crippen LogP contribution in [0.15, 0.2) is 18.3 Å². The molecule has 1 atom stereocenters. The molecular weight excluding hydrogens is 238 g/mol. The van der Waals surface area contributed by atoms with Crippen molar-refractivity contribution in [3.05, 3.63) is 23.9 Å². The van der Waals surface area contributed by atoms with Crippen molar-refractivity contribution >= 4 is 5.82 Å². The summed E-state index contributed by atoms with van der Waals surface area (Å²) in [5.41, 5.74) is 1.40. The van der Waals surface area contributed by atoms with Gasteiger partial charge in [-0.2, -0.15) is 0 Å². The molecule has 19 heavy (non-hydrogen) atoms. The van der Waals surface area contributed by atoms with Gasteiger partial charge < -0.3 is 9.64 Å². The van der Waals surface area contributed by atoms with Crippen LogP contribution in [0.5, 0.6) is 0 Å². The number of likely N-dealkylation sites (tertiary alicyclic amines) is 1. The summed E-state index contributed by atoms with van der Waals surface area (Å²) in [6, 6.07) is 4.85. The molecule has 1 unspecified atom stereocenters. The normalized spacial score (nSPS) is 25.5. The van der Waals surface area contributed by atoms with E-state index in [0.717, 1.165) is 26.3 Å². The average Bonchev–Trinajstić information content (AvgIpc) is 2.49. The van der Waals surface area contributed by atoms with Crippen molar-refractivity contribution in [2.45, 2.75) is 25.3 Å². The Balaban J connectivity index is 1.87. The molecule has 0 saturated carbocycles. The number of hydrogen-bond acceptors (Lipinski definition) is 4. The topological polar surface area (TPSA) is 28.6 Å². The van der Waals surface area contributed by atoms with Crippen LogP contribution in [-0.2, 0) is 4.74 Å². The molecular formula is C15H23N3O. The summed E-state index contributed by atoms with van der Waals surface area (Å²) in [7, 11) is 2.24. The molecule has 0 aliphatic carbocycles. The first kappa shape index (κ1) is 12.9. The van der Waals surface area contributed by atoms with Crippen molar-refractivity contribution < 1.29 is 4.74 Å². The lowest BCUT2D eigenvalue weighted by Crippen LogP contribution is -2.38. The van der Waals surface area contributed by atoms with E-state index in [1.807, 2.05) is 6.20 Å². The third-order valence-electron chi connectivity index (χ3n) is 4.26. The third kappa shape index (κ3) is 2.74. The lowest BCUT2D eigenvalue weighted by molar-refractivity contribution is 0.122. The second-order valence-electron chi connectivity index (χ2n) is 5.51.